The SMILES string of the molecule is [B]1C=CC2=CCCC=C12. The molecule has 0 saturated heterocycles. The van der Waals surface area contributed by atoms with Gasteiger partial charge in [0.2, 0.25) is 0 Å². The van der Waals surface area contributed by atoms with Crippen molar-refractivity contribution in [3.8, 4) is 0 Å². The second kappa shape index (κ2) is 1.91. The summed E-state index contributed by atoms with van der Waals surface area (Å²) >= 11 is 0. The molecule has 43 valence electrons. The molecular formula is C8H8B. The number of rotatable bonds is 0. The van der Waals surface area contributed by atoms with E-state index in [1.165, 1.54) is 23.9 Å². The van der Waals surface area contributed by atoms with Gasteiger partial charge < -0.3 is 0 Å². The molecule has 1 aliphatic carbocycles. The zero-order chi connectivity index (χ0) is 6.10. The molecule has 0 aromatic carbocycles. The lowest BCUT2D eigenvalue weighted by Crippen LogP contribution is -1.92. The number of hydrogen-bond acceptors (Lipinski definition) is 0. The lowest BCUT2D eigenvalue weighted by Gasteiger charge is -2.05. The van der Waals surface area contributed by atoms with Crippen molar-refractivity contribution < 1.29 is 0 Å². The molecule has 2 aliphatic rings. The molecular weight excluding hydrogens is 107 g/mol. The zero-order valence-electron chi connectivity index (χ0n) is 5.30. The third-order valence-electron chi connectivity index (χ3n) is 1.78. The smallest absolute Gasteiger partial charge is 0.116 e. The highest BCUT2D eigenvalue weighted by molar-refractivity contribution is 6.54. The van der Waals surface area contributed by atoms with Crippen molar-refractivity contribution in [1.82, 2.24) is 0 Å². The first-order valence-electron chi connectivity index (χ1n) is 3.39. The monoisotopic (exact) mass is 115 g/mol. The average Bonchev–Trinajstić information content (AvgIpc) is 2.33. The summed E-state index contributed by atoms with van der Waals surface area (Å²) in [5.41, 5.74) is 2.84. The maximum Gasteiger partial charge on any atom is 0.181 e. The van der Waals surface area contributed by atoms with Gasteiger partial charge in [-0.25, -0.2) is 0 Å². The molecule has 0 aromatic heterocycles. The Morgan fingerprint density at radius 1 is 1.22 bits per heavy atom. The van der Waals surface area contributed by atoms with E-state index in [-0.39, 0.29) is 0 Å². The van der Waals surface area contributed by atoms with Crippen LogP contribution in [0.1, 0.15) is 12.8 Å². The predicted molar refractivity (Wildman–Crippen MR) is 40.3 cm³/mol. The second-order valence-corrected chi connectivity index (χ2v) is 2.42. The van der Waals surface area contributed by atoms with Crippen LogP contribution in [0.5, 0.6) is 0 Å². The molecule has 0 nitrogen and oxygen atoms in total. The van der Waals surface area contributed by atoms with Gasteiger partial charge in [-0.3, -0.25) is 0 Å². The first-order valence-corrected chi connectivity index (χ1v) is 3.39. The van der Waals surface area contributed by atoms with Gasteiger partial charge in [-0.2, -0.15) is 0 Å². The van der Waals surface area contributed by atoms with E-state index in [0.717, 1.165) is 0 Å². The average molecular weight is 115 g/mol. The molecule has 2 rings (SSSR count). The minimum Gasteiger partial charge on any atom is -0.116 e. The van der Waals surface area contributed by atoms with Crippen LogP contribution < -0.4 is 0 Å². The van der Waals surface area contributed by atoms with Gasteiger partial charge in [0.25, 0.3) is 0 Å². The van der Waals surface area contributed by atoms with Crippen molar-refractivity contribution in [1.29, 1.82) is 0 Å². The van der Waals surface area contributed by atoms with E-state index in [4.69, 9.17) is 0 Å². The van der Waals surface area contributed by atoms with Crippen LogP contribution in [0, 0.1) is 0 Å². The van der Waals surface area contributed by atoms with Crippen LogP contribution in [-0.2, 0) is 0 Å². The molecule has 1 heterocycles. The van der Waals surface area contributed by atoms with Crippen molar-refractivity contribution in [2.24, 2.45) is 0 Å². The highest BCUT2D eigenvalue weighted by atomic mass is 14.0. The highest BCUT2D eigenvalue weighted by Gasteiger charge is 2.09. The lowest BCUT2D eigenvalue weighted by atomic mass is 9.71. The van der Waals surface area contributed by atoms with Crippen LogP contribution in [-0.4, -0.2) is 7.28 Å². The van der Waals surface area contributed by atoms with Gasteiger partial charge in [-0.05, 0) is 18.4 Å². The van der Waals surface area contributed by atoms with Gasteiger partial charge in [-0.1, -0.05) is 23.7 Å². The third-order valence-corrected chi connectivity index (χ3v) is 1.78. The number of allylic oxidation sites excluding steroid dienone is 5. The summed E-state index contributed by atoms with van der Waals surface area (Å²) in [5.74, 6) is 2.11. The maximum absolute atomic E-state index is 2.30. The van der Waals surface area contributed by atoms with Gasteiger partial charge in [0.05, 0.1) is 0 Å². The highest BCUT2D eigenvalue weighted by Crippen LogP contribution is 2.22. The molecule has 0 spiro atoms. The Morgan fingerprint density at radius 2 is 2.11 bits per heavy atom. The fraction of sp³-hybridized carbons (Fsp3) is 0.250. The lowest BCUT2D eigenvalue weighted by molar-refractivity contribution is 1.02. The van der Waals surface area contributed by atoms with Crippen LogP contribution in [0.25, 0.3) is 0 Å². The molecule has 0 amide bonds. The number of hydrogen-bond donors (Lipinski definition) is 0. The van der Waals surface area contributed by atoms with Crippen molar-refractivity contribution >= 4 is 7.28 Å². The molecule has 1 heteroatoms. The summed E-state index contributed by atoms with van der Waals surface area (Å²) in [6.07, 6.45) is 9.21. The topological polar surface area (TPSA) is 0 Å². The zero-order valence-corrected chi connectivity index (χ0v) is 5.30. The second-order valence-electron chi connectivity index (χ2n) is 2.42. The van der Waals surface area contributed by atoms with E-state index in [0.29, 0.717) is 0 Å². The van der Waals surface area contributed by atoms with Crippen LogP contribution in [0.4, 0.5) is 0 Å². The van der Waals surface area contributed by atoms with Crippen molar-refractivity contribution in [2.45, 2.75) is 12.8 Å². The Morgan fingerprint density at radius 3 is 3.00 bits per heavy atom. The Bertz CT molecular complexity index is 209. The van der Waals surface area contributed by atoms with E-state index in [1.54, 1.807) is 0 Å². The molecule has 0 N–H and O–H groups in total. The van der Waals surface area contributed by atoms with Crippen molar-refractivity contribution in [2.75, 3.05) is 0 Å². The van der Waals surface area contributed by atoms with Gasteiger partial charge >= 0.3 is 0 Å². The standard InChI is InChI=1S/C8H8B/c1-2-4-8-7(3-1)5-6-9-8/h3-6H,1-2H2. The molecule has 0 aromatic rings. The summed E-state index contributed by atoms with van der Waals surface area (Å²) in [5, 5.41) is 0. The molecule has 0 saturated carbocycles. The van der Waals surface area contributed by atoms with Gasteiger partial charge in [0, 0.05) is 0 Å². The molecule has 0 bridgehead atoms. The third kappa shape index (κ3) is 0.767. The van der Waals surface area contributed by atoms with Gasteiger partial charge in [-0.15, -0.1) is 5.98 Å². The van der Waals surface area contributed by atoms with E-state index < -0.39 is 0 Å². The van der Waals surface area contributed by atoms with Crippen LogP contribution >= 0.6 is 0 Å². The summed E-state index contributed by atoms with van der Waals surface area (Å²) in [4.78, 5) is 0. The van der Waals surface area contributed by atoms with E-state index in [9.17, 15) is 0 Å². The van der Waals surface area contributed by atoms with Crippen molar-refractivity contribution in [3.63, 3.8) is 0 Å². The van der Waals surface area contributed by atoms with Gasteiger partial charge in [0.1, 0.15) is 0 Å². The molecule has 9 heavy (non-hydrogen) atoms. The molecule has 0 fully saturated rings. The van der Waals surface area contributed by atoms with Crippen molar-refractivity contribution in [3.05, 3.63) is 35.2 Å². The maximum atomic E-state index is 2.30. The van der Waals surface area contributed by atoms with Crippen LogP contribution in [0.3, 0.4) is 0 Å². The fourth-order valence-electron chi connectivity index (χ4n) is 1.30. The van der Waals surface area contributed by atoms with E-state index in [1.807, 2.05) is 0 Å². The largest absolute Gasteiger partial charge is 0.181 e. The molecule has 0 unspecified atom stereocenters. The Kier molecular flexibility index (Phi) is 1.08. The first-order chi connectivity index (χ1) is 4.47. The Hall–Kier alpha value is -0.715. The normalized spacial score (nSPS) is 22.2. The van der Waals surface area contributed by atoms with Gasteiger partial charge in [0.15, 0.2) is 7.28 Å². The minimum atomic E-state index is 1.22. The van der Waals surface area contributed by atoms with Crippen LogP contribution in [0.15, 0.2) is 35.2 Å². The Balaban J connectivity index is 2.38. The minimum absolute atomic E-state index is 1.22. The van der Waals surface area contributed by atoms with E-state index >= 15 is 0 Å². The molecule has 0 atom stereocenters. The van der Waals surface area contributed by atoms with Crippen LogP contribution in [0.2, 0.25) is 0 Å². The first kappa shape index (κ1) is 5.10. The quantitative estimate of drug-likeness (QED) is 0.422. The van der Waals surface area contributed by atoms with E-state index in [2.05, 4.69) is 31.5 Å². The summed E-state index contributed by atoms with van der Waals surface area (Å²) in [6.45, 7) is 0. The predicted octanol–water partition coefficient (Wildman–Crippen LogP) is 1.82. The summed E-state index contributed by atoms with van der Waals surface area (Å²) in [7, 11) is 2.17. The fourth-order valence-corrected chi connectivity index (χ4v) is 1.30. The molecule has 1 radical (unpaired) electrons. The Labute approximate surface area is 56.2 Å². The number of fused-ring (bicyclic) bond motifs is 1. The molecule has 1 aliphatic heterocycles. The summed E-state index contributed by atoms with van der Waals surface area (Å²) < 4.78 is 0. The summed E-state index contributed by atoms with van der Waals surface area (Å²) in [6, 6.07) is 0.